The van der Waals surface area contributed by atoms with Gasteiger partial charge in [0.2, 0.25) is 5.91 Å². The number of aromatic nitrogens is 3. The van der Waals surface area contributed by atoms with Crippen LogP contribution in [0.2, 0.25) is 10.0 Å². The lowest BCUT2D eigenvalue weighted by molar-refractivity contribution is -0.128. The molecule has 2 heterocycles. The Balaban J connectivity index is 1.30. The molecule has 1 saturated heterocycles. The number of benzene rings is 3. The Morgan fingerprint density at radius 1 is 0.800 bits per heavy atom. The fraction of sp³-hybridized carbons (Fsp3) is 0.192. The van der Waals surface area contributed by atoms with Gasteiger partial charge in [-0.2, -0.15) is 0 Å². The van der Waals surface area contributed by atoms with Crippen molar-refractivity contribution in [2.24, 2.45) is 0 Å². The molecule has 1 fully saturated rings. The summed E-state index contributed by atoms with van der Waals surface area (Å²) in [5.41, 5.74) is 2.72. The Labute approximate surface area is 218 Å². The lowest BCUT2D eigenvalue weighted by Crippen LogP contribution is -2.49. The molecule has 0 bridgehead atoms. The molecule has 1 amide bonds. The number of halogens is 2. The standard InChI is InChI=1S/C26H23Cl2N5OS/c27-21-11-5-4-10-20(21)25-29-30-26(33(25)19-8-2-1-3-9-19)35-18-24(34)32-16-14-31(15-17-32)23-13-7-6-12-22(23)28/h1-13H,14-18H2. The highest BCUT2D eigenvalue weighted by Crippen LogP contribution is 2.32. The van der Waals surface area contributed by atoms with Crippen molar-refractivity contribution < 1.29 is 4.79 Å². The monoisotopic (exact) mass is 523 g/mol. The number of rotatable bonds is 6. The summed E-state index contributed by atoms with van der Waals surface area (Å²) < 4.78 is 1.95. The molecule has 0 saturated carbocycles. The predicted octanol–water partition coefficient (Wildman–Crippen LogP) is 5.68. The van der Waals surface area contributed by atoms with Crippen molar-refractivity contribution >= 4 is 46.6 Å². The van der Waals surface area contributed by atoms with Gasteiger partial charge in [0, 0.05) is 37.4 Å². The Morgan fingerprint density at radius 2 is 1.46 bits per heavy atom. The van der Waals surface area contributed by atoms with Crippen LogP contribution in [0.25, 0.3) is 17.1 Å². The molecule has 35 heavy (non-hydrogen) atoms. The molecule has 5 rings (SSSR count). The quantitative estimate of drug-likeness (QED) is 0.304. The molecule has 3 aromatic carbocycles. The van der Waals surface area contributed by atoms with E-state index in [-0.39, 0.29) is 11.7 Å². The number of carbonyl (C=O) groups excluding carboxylic acids is 1. The molecule has 0 unspecified atom stereocenters. The second-order valence-corrected chi connectivity index (χ2v) is 9.82. The molecule has 0 radical (unpaired) electrons. The van der Waals surface area contributed by atoms with E-state index in [9.17, 15) is 4.79 Å². The summed E-state index contributed by atoms with van der Waals surface area (Å²) in [6.07, 6.45) is 0. The normalized spacial score (nSPS) is 13.8. The molecular weight excluding hydrogens is 501 g/mol. The van der Waals surface area contributed by atoms with E-state index in [1.54, 1.807) is 0 Å². The van der Waals surface area contributed by atoms with Crippen molar-refractivity contribution in [3.8, 4) is 17.1 Å². The molecule has 1 aliphatic rings. The minimum Gasteiger partial charge on any atom is -0.367 e. The van der Waals surface area contributed by atoms with E-state index in [2.05, 4.69) is 15.1 Å². The van der Waals surface area contributed by atoms with Crippen molar-refractivity contribution in [2.75, 3.05) is 36.8 Å². The van der Waals surface area contributed by atoms with Crippen LogP contribution in [0.15, 0.2) is 84.0 Å². The number of carbonyl (C=O) groups is 1. The smallest absolute Gasteiger partial charge is 0.233 e. The average Bonchev–Trinajstić information content (AvgIpc) is 3.32. The molecule has 0 spiro atoms. The van der Waals surface area contributed by atoms with Crippen molar-refractivity contribution in [2.45, 2.75) is 5.16 Å². The first-order valence-corrected chi connectivity index (χ1v) is 13.0. The number of thioether (sulfide) groups is 1. The minimum atomic E-state index is 0.0794. The molecule has 0 N–H and O–H groups in total. The summed E-state index contributed by atoms with van der Waals surface area (Å²) in [7, 11) is 0. The number of hydrogen-bond donors (Lipinski definition) is 0. The van der Waals surface area contributed by atoms with E-state index < -0.39 is 0 Å². The van der Waals surface area contributed by atoms with Gasteiger partial charge < -0.3 is 9.80 Å². The third-order valence-electron chi connectivity index (χ3n) is 5.91. The Bertz CT molecular complexity index is 1320. The van der Waals surface area contributed by atoms with Gasteiger partial charge in [0.15, 0.2) is 11.0 Å². The molecule has 1 aliphatic heterocycles. The molecule has 1 aromatic heterocycles. The molecule has 6 nitrogen and oxygen atoms in total. The van der Waals surface area contributed by atoms with E-state index >= 15 is 0 Å². The fourth-order valence-corrected chi connectivity index (χ4v) is 5.44. The summed E-state index contributed by atoms with van der Waals surface area (Å²) in [6.45, 7) is 2.80. The van der Waals surface area contributed by atoms with Gasteiger partial charge in [-0.1, -0.05) is 77.4 Å². The number of anilines is 1. The van der Waals surface area contributed by atoms with Crippen LogP contribution in [-0.4, -0.2) is 57.5 Å². The maximum absolute atomic E-state index is 13.0. The number of nitrogens with zero attached hydrogens (tertiary/aromatic N) is 5. The second kappa shape index (κ2) is 10.7. The zero-order valence-electron chi connectivity index (χ0n) is 18.8. The van der Waals surface area contributed by atoms with Crippen LogP contribution in [0.1, 0.15) is 0 Å². The third kappa shape index (κ3) is 5.17. The topological polar surface area (TPSA) is 54.3 Å². The van der Waals surface area contributed by atoms with Gasteiger partial charge in [-0.05, 0) is 36.4 Å². The van der Waals surface area contributed by atoms with E-state index in [1.165, 1.54) is 11.8 Å². The van der Waals surface area contributed by atoms with E-state index in [0.717, 1.165) is 35.1 Å². The maximum Gasteiger partial charge on any atom is 0.233 e. The van der Waals surface area contributed by atoms with Crippen molar-refractivity contribution in [1.82, 2.24) is 19.7 Å². The molecule has 9 heteroatoms. The van der Waals surface area contributed by atoms with Crippen LogP contribution in [-0.2, 0) is 4.79 Å². The average molecular weight is 524 g/mol. The summed E-state index contributed by atoms with van der Waals surface area (Å²) in [5.74, 6) is 1.00. The van der Waals surface area contributed by atoms with Crippen molar-refractivity contribution in [3.05, 3.63) is 88.9 Å². The fourth-order valence-electron chi connectivity index (χ4n) is 4.11. The van der Waals surface area contributed by atoms with Crippen LogP contribution >= 0.6 is 35.0 Å². The van der Waals surface area contributed by atoms with Crippen LogP contribution in [0.4, 0.5) is 5.69 Å². The van der Waals surface area contributed by atoms with Crippen LogP contribution < -0.4 is 4.90 Å². The van der Waals surface area contributed by atoms with Crippen LogP contribution in [0, 0.1) is 0 Å². The van der Waals surface area contributed by atoms with E-state index in [0.29, 0.717) is 29.1 Å². The molecule has 0 atom stereocenters. The molecule has 4 aromatic rings. The summed E-state index contributed by atoms with van der Waals surface area (Å²) >= 11 is 14.2. The highest BCUT2D eigenvalue weighted by molar-refractivity contribution is 7.99. The van der Waals surface area contributed by atoms with Gasteiger partial charge in [0.05, 0.1) is 21.5 Å². The first-order chi connectivity index (χ1) is 17.1. The molecular formula is C26H23Cl2N5OS. The summed E-state index contributed by atoms with van der Waals surface area (Å²) in [4.78, 5) is 17.2. The Kier molecular flexibility index (Phi) is 7.27. The third-order valence-corrected chi connectivity index (χ3v) is 7.48. The SMILES string of the molecule is O=C(CSc1nnc(-c2ccccc2Cl)n1-c1ccccc1)N1CCN(c2ccccc2Cl)CC1. The number of hydrogen-bond acceptors (Lipinski definition) is 5. The lowest BCUT2D eigenvalue weighted by atomic mass is 10.2. The van der Waals surface area contributed by atoms with Gasteiger partial charge in [0.1, 0.15) is 0 Å². The van der Waals surface area contributed by atoms with Gasteiger partial charge >= 0.3 is 0 Å². The predicted molar refractivity (Wildman–Crippen MR) is 143 cm³/mol. The van der Waals surface area contributed by atoms with Gasteiger partial charge in [0.25, 0.3) is 0 Å². The first-order valence-electron chi connectivity index (χ1n) is 11.3. The summed E-state index contributed by atoms with van der Waals surface area (Å²) in [6, 6.07) is 25.2. The van der Waals surface area contributed by atoms with Gasteiger partial charge in [-0.15, -0.1) is 10.2 Å². The Hall–Kier alpha value is -3.00. The lowest BCUT2D eigenvalue weighted by Gasteiger charge is -2.36. The molecule has 0 aliphatic carbocycles. The first kappa shape index (κ1) is 23.7. The van der Waals surface area contributed by atoms with E-state index in [1.807, 2.05) is 88.3 Å². The van der Waals surface area contributed by atoms with Crippen LogP contribution in [0.5, 0.6) is 0 Å². The number of para-hydroxylation sites is 2. The molecule has 178 valence electrons. The zero-order valence-corrected chi connectivity index (χ0v) is 21.2. The number of amides is 1. The number of piperazine rings is 1. The minimum absolute atomic E-state index is 0.0794. The highest BCUT2D eigenvalue weighted by atomic mass is 35.5. The van der Waals surface area contributed by atoms with Crippen LogP contribution in [0.3, 0.4) is 0 Å². The van der Waals surface area contributed by atoms with Crippen molar-refractivity contribution in [3.63, 3.8) is 0 Å². The van der Waals surface area contributed by atoms with Gasteiger partial charge in [-0.25, -0.2) is 0 Å². The largest absolute Gasteiger partial charge is 0.367 e. The zero-order chi connectivity index (χ0) is 24.2. The van der Waals surface area contributed by atoms with Crippen molar-refractivity contribution in [1.29, 1.82) is 0 Å². The van der Waals surface area contributed by atoms with E-state index in [4.69, 9.17) is 23.2 Å². The Morgan fingerprint density at radius 3 is 2.17 bits per heavy atom. The highest BCUT2D eigenvalue weighted by Gasteiger charge is 2.24. The summed E-state index contributed by atoms with van der Waals surface area (Å²) in [5, 5.41) is 10.8. The second-order valence-electron chi connectivity index (χ2n) is 8.06. The maximum atomic E-state index is 13.0. The van der Waals surface area contributed by atoms with Gasteiger partial charge in [-0.3, -0.25) is 9.36 Å².